The van der Waals surface area contributed by atoms with Gasteiger partial charge in [0.2, 0.25) is 5.88 Å². The van der Waals surface area contributed by atoms with Crippen LogP contribution in [0.15, 0.2) is 39.4 Å². The topological polar surface area (TPSA) is 97.1 Å². The standard InChI is InChI=1S/C23H28BrNO6/c1-6-29-15-9-12(8-13(24)20(15)28-5)17-18-14(26)10-23(3,4)11-16(18)31-21(25)19(17)22(27)30-7-2/h8-9,17H,6-7,10-11,25H2,1-5H3/t17-/m1/s1. The summed E-state index contributed by atoms with van der Waals surface area (Å²) in [5.74, 6) is 0.0626. The zero-order valence-corrected chi connectivity index (χ0v) is 20.1. The van der Waals surface area contributed by atoms with Gasteiger partial charge in [-0.2, -0.15) is 0 Å². The average molecular weight is 494 g/mol. The molecule has 0 bridgehead atoms. The summed E-state index contributed by atoms with van der Waals surface area (Å²) in [4.78, 5) is 26.1. The monoisotopic (exact) mass is 493 g/mol. The lowest BCUT2D eigenvalue weighted by Gasteiger charge is -2.38. The lowest BCUT2D eigenvalue weighted by molar-refractivity contribution is -0.139. The molecule has 168 valence electrons. The number of nitrogens with two attached hydrogens (primary N) is 1. The fourth-order valence-corrected chi connectivity index (χ4v) is 4.76. The van der Waals surface area contributed by atoms with Gasteiger partial charge < -0.3 is 24.7 Å². The SMILES string of the molecule is CCOC(=O)C1=C(N)OC2=C(C(=O)CC(C)(C)C2)[C@H]1c1cc(Br)c(OC)c(OCC)c1. The quantitative estimate of drug-likeness (QED) is 0.588. The highest BCUT2D eigenvalue weighted by atomic mass is 79.9. The summed E-state index contributed by atoms with van der Waals surface area (Å²) in [6.07, 6.45) is 0.883. The Morgan fingerprint density at radius 1 is 1.26 bits per heavy atom. The third-order valence-corrected chi connectivity index (χ3v) is 5.91. The number of hydrogen-bond acceptors (Lipinski definition) is 7. The van der Waals surface area contributed by atoms with E-state index in [1.54, 1.807) is 20.1 Å². The summed E-state index contributed by atoms with van der Waals surface area (Å²) in [6.45, 7) is 8.18. The number of ketones is 1. The fraction of sp³-hybridized carbons (Fsp3) is 0.478. The number of rotatable bonds is 6. The van der Waals surface area contributed by atoms with Gasteiger partial charge >= 0.3 is 5.97 Å². The molecular weight excluding hydrogens is 466 g/mol. The van der Waals surface area contributed by atoms with E-state index in [0.29, 0.717) is 52.3 Å². The van der Waals surface area contributed by atoms with E-state index in [4.69, 9.17) is 24.7 Å². The van der Waals surface area contributed by atoms with Crippen molar-refractivity contribution in [3.05, 3.63) is 45.0 Å². The maximum atomic E-state index is 13.3. The minimum atomic E-state index is -0.729. The molecule has 31 heavy (non-hydrogen) atoms. The van der Waals surface area contributed by atoms with Crippen LogP contribution in [0.25, 0.3) is 0 Å². The highest BCUT2D eigenvalue weighted by Gasteiger charge is 2.45. The summed E-state index contributed by atoms with van der Waals surface area (Å²) in [5.41, 5.74) is 7.17. The molecule has 0 saturated carbocycles. The second-order valence-electron chi connectivity index (χ2n) is 8.28. The third kappa shape index (κ3) is 4.44. The summed E-state index contributed by atoms with van der Waals surface area (Å²) in [5, 5.41) is 0. The van der Waals surface area contributed by atoms with Crippen LogP contribution in [0.4, 0.5) is 0 Å². The second kappa shape index (κ2) is 8.94. The van der Waals surface area contributed by atoms with Gasteiger partial charge in [-0.15, -0.1) is 0 Å². The van der Waals surface area contributed by atoms with Crippen LogP contribution in [-0.2, 0) is 19.1 Å². The van der Waals surface area contributed by atoms with E-state index < -0.39 is 11.9 Å². The van der Waals surface area contributed by atoms with Crippen LogP contribution in [0.1, 0.15) is 52.0 Å². The molecule has 1 aliphatic heterocycles. The van der Waals surface area contributed by atoms with Gasteiger partial charge in [-0.05, 0) is 52.9 Å². The Morgan fingerprint density at radius 2 is 1.97 bits per heavy atom. The molecule has 1 atom stereocenters. The summed E-state index contributed by atoms with van der Waals surface area (Å²) in [7, 11) is 1.55. The molecule has 1 heterocycles. The van der Waals surface area contributed by atoms with Gasteiger partial charge in [0.25, 0.3) is 0 Å². The lowest BCUT2D eigenvalue weighted by Crippen LogP contribution is -2.35. The number of methoxy groups -OCH3 is 1. The number of ether oxygens (including phenoxy) is 4. The van der Waals surface area contributed by atoms with Crippen molar-refractivity contribution in [1.82, 2.24) is 0 Å². The van der Waals surface area contributed by atoms with Crippen molar-refractivity contribution in [2.24, 2.45) is 11.1 Å². The Hall–Kier alpha value is -2.48. The Kier molecular flexibility index (Phi) is 6.69. The van der Waals surface area contributed by atoms with Gasteiger partial charge in [-0.1, -0.05) is 13.8 Å². The molecule has 0 aromatic heterocycles. The number of benzene rings is 1. The van der Waals surface area contributed by atoms with Crippen LogP contribution in [0.5, 0.6) is 11.5 Å². The van der Waals surface area contributed by atoms with Crippen molar-refractivity contribution in [1.29, 1.82) is 0 Å². The first-order valence-electron chi connectivity index (χ1n) is 10.2. The lowest BCUT2D eigenvalue weighted by atomic mass is 9.70. The van der Waals surface area contributed by atoms with Crippen LogP contribution in [-0.4, -0.2) is 32.1 Å². The number of esters is 1. The van der Waals surface area contributed by atoms with Crippen molar-refractivity contribution in [2.75, 3.05) is 20.3 Å². The number of halogens is 1. The first-order chi connectivity index (χ1) is 14.6. The maximum Gasteiger partial charge on any atom is 0.340 e. The molecule has 2 N–H and O–H groups in total. The Balaban J connectivity index is 2.25. The van der Waals surface area contributed by atoms with E-state index in [9.17, 15) is 9.59 Å². The Labute approximate surface area is 190 Å². The molecule has 1 aromatic carbocycles. The number of carbonyl (C=O) groups excluding carboxylic acids is 2. The molecule has 3 rings (SSSR count). The zero-order chi connectivity index (χ0) is 22.9. The van der Waals surface area contributed by atoms with Gasteiger partial charge in [-0.3, -0.25) is 4.79 Å². The van der Waals surface area contributed by atoms with E-state index in [1.807, 2.05) is 26.8 Å². The maximum absolute atomic E-state index is 13.3. The van der Waals surface area contributed by atoms with Crippen molar-refractivity contribution < 1.29 is 28.5 Å². The van der Waals surface area contributed by atoms with Gasteiger partial charge in [0.05, 0.1) is 30.7 Å². The smallest absolute Gasteiger partial charge is 0.340 e. The first-order valence-corrected chi connectivity index (χ1v) is 11.0. The molecule has 1 aromatic rings. The summed E-state index contributed by atoms with van der Waals surface area (Å²) < 4.78 is 22.9. The van der Waals surface area contributed by atoms with E-state index in [2.05, 4.69) is 15.9 Å². The number of carbonyl (C=O) groups is 2. The molecule has 7 nitrogen and oxygen atoms in total. The average Bonchev–Trinajstić information content (AvgIpc) is 2.66. The molecule has 0 unspecified atom stereocenters. The van der Waals surface area contributed by atoms with Crippen LogP contribution in [0.2, 0.25) is 0 Å². The largest absolute Gasteiger partial charge is 0.492 e. The van der Waals surface area contributed by atoms with Crippen LogP contribution < -0.4 is 15.2 Å². The van der Waals surface area contributed by atoms with E-state index >= 15 is 0 Å². The number of allylic oxidation sites excluding steroid dienone is 2. The highest BCUT2D eigenvalue weighted by Crippen LogP contribution is 2.50. The molecular formula is C23H28BrNO6. The molecule has 0 amide bonds. The normalized spacial score (nSPS) is 20.2. The molecule has 0 spiro atoms. The van der Waals surface area contributed by atoms with Crippen molar-refractivity contribution >= 4 is 27.7 Å². The predicted molar refractivity (Wildman–Crippen MR) is 119 cm³/mol. The van der Waals surface area contributed by atoms with Crippen molar-refractivity contribution in [3.63, 3.8) is 0 Å². The fourth-order valence-electron chi connectivity index (χ4n) is 4.14. The van der Waals surface area contributed by atoms with Crippen molar-refractivity contribution in [2.45, 2.75) is 46.5 Å². The first kappa shape index (κ1) is 23.2. The van der Waals surface area contributed by atoms with Gasteiger partial charge in [0.1, 0.15) is 11.3 Å². The van der Waals surface area contributed by atoms with Gasteiger partial charge in [0, 0.05) is 18.4 Å². The molecule has 0 fully saturated rings. The van der Waals surface area contributed by atoms with Gasteiger partial charge in [-0.25, -0.2) is 4.79 Å². The molecule has 8 heteroatoms. The van der Waals surface area contributed by atoms with E-state index in [1.165, 1.54) is 0 Å². The zero-order valence-electron chi connectivity index (χ0n) is 18.5. The van der Waals surface area contributed by atoms with Crippen LogP contribution in [0, 0.1) is 5.41 Å². The minimum Gasteiger partial charge on any atom is -0.492 e. The second-order valence-corrected chi connectivity index (χ2v) is 9.13. The van der Waals surface area contributed by atoms with Crippen molar-refractivity contribution in [3.8, 4) is 11.5 Å². The Bertz CT molecular complexity index is 979. The van der Waals surface area contributed by atoms with Crippen LogP contribution in [0.3, 0.4) is 0 Å². The summed E-state index contributed by atoms with van der Waals surface area (Å²) in [6, 6.07) is 3.58. The third-order valence-electron chi connectivity index (χ3n) is 5.32. The molecule has 2 aliphatic rings. The Morgan fingerprint density at radius 3 is 2.58 bits per heavy atom. The van der Waals surface area contributed by atoms with Gasteiger partial charge in [0.15, 0.2) is 17.3 Å². The number of hydrogen-bond donors (Lipinski definition) is 1. The van der Waals surface area contributed by atoms with E-state index in [-0.39, 0.29) is 29.3 Å². The predicted octanol–water partition coefficient (Wildman–Crippen LogP) is 4.35. The minimum absolute atomic E-state index is 0.0439. The van der Waals surface area contributed by atoms with E-state index in [0.717, 1.165) is 0 Å². The summed E-state index contributed by atoms with van der Waals surface area (Å²) >= 11 is 3.52. The van der Waals surface area contributed by atoms with Crippen LogP contribution >= 0.6 is 15.9 Å². The molecule has 1 aliphatic carbocycles. The number of Topliss-reactive ketones (excluding diaryl/α,β-unsaturated/α-hetero) is 1. The highest BCUT2D eigenvalue weighted by molar-refractivity contribution is 9.10. The molecule has 0 saturated heterocycles. The molecule has 0 radical (unpaired) electrons.